The van der Waals surface area contributed by atoms with Crippen molar-refractivity contribution in [3.05, 3.63) is 63.3 Å². The Hall–Kier alpha value is -1.92. The van der Waals surface area contributed by atoms with E-state index in [1.807, 2.05) is 54.1 Å². The highest BCUT2D eigenvalue weighted by molar-refractivity contribution is 9.10. The van der Waals surface area contributed by atoms with Gasteiger partial charge in [0.1, 0.15) is 5.75 Å². The van der Waals surface area contributed by atoms with Crippen LogP contribution >= 0.6 is 27.3 Å². The molecule has 2 aromatic heterocycles. The minimum absolute atomic E-state index is 0.00474. The van der Waals surface area contributed by atoms with Gasteiger partial charge in [0.15, 0.2) is 11.7 Å². The first kappa shape index (κ1) is 16.0. The van der Waals surface area contributed by atoms with Gasteiger partial charge in [-0.25, -0.2) is 4.98 Å². The summed E-state index contributed by atoms with van der Waals surface area (Å²) in [6.45, 7) is 3.91. The summed E-state index contributed by atoms with van der Waals surface area (Å²) in [7, 11) is 0. The molecule has 4 nitrogen and oxygen atoms in total. The van der Waals surface area contributed by atoms with Crippen LogP contribution in [0.15, 0.2) is 46.4 Å². The number of Topliss-reactive ketones (excluding diaryl/α,β-unsaturated/α-hetero) is 1. The molecule has 3 aromatic rings. The molecule has 118 valence electrons. The van der Waals surface area contributed by atoms with E-state index in [0.717, 1.165) is 21.0 Å². The van der Waals surface area contributed by atoms with Gasteiger partial charge in [0.05, 0.1) is 4.47 Å². The number of hydrogen-bond acceptors (Lipinski definition) is 4. The van der Waals surface area contributed by atoms with Crippen LogP contribution in [0.5, 0.6) is 5.75 Å². The van der Waals surface area contributed by atoms with Crippen molar-refractivity contribution in [2.75, 3.05) is 6.61 Å². The van der Waals surface area contributed by atoms with E-state index < -0.39 is 0 Å². The summed E-state index contributed by atoms with van der Waals surface area (Å²) in [5.41, 5.74) is 2.55. The van der Waals surface area contributed by atoms with E-state index in [1.165, 1.54) is 0 Å². The molecule has 0 radical (unpaired) electrons. The summed E-state index contributed by atoms with van der Waals surface area (Å²) >= 11 is 4.96. The lowest BCUT2D eigenvalue weighted by atomic mass is 10.1. The third kappa shape index (κ3) is 3.23. The minimum Gasteiger partial charge on any atom is -0.484 e. The summed E-state index contributed by atoms with van der Waals surface area (Å²) in [5, 5.41) is 2.79. The average Bonchev–Trinajstić information content (AvgIpc) is 3.14. The van der Waals surface area contributed by atoms with Crippen LogP contribution in [0, 0.1) is 13.8 Å². The third-order valence-corrected chi connectivity index (χ3v) is 4.95. The summed E-state index contributed by atoms with van der Waals surface area (Å²) in [6.07, 6.45) is 1.76. The van der Waals surface area contributed by atoms with Gasteiger partial charge in [0.25, 0.3) is 0 Å². The number of para-hydroxylation sites is 1. The number of thiazole rings is 1. The van der Waals surface area contributed by atoms with Gasteiger partial charge in [-0.1, -0.05) is 12.1 Å². The summed E-state index contributed by atoms with van der Waals surface area (Å²) in [6, 6.07) is 9.38. The molecule has 1 aromatic carbocycles. The highest BCUT2D eigenvalue weighted by atomic mass is 79.9. The molecule has 0 aliphatic carbocycles. The molecule has 0 unspecified atom stereocenters. The summed E-state index contributed by atoms with van der Waals surface area (Å²) in [4.78, 5) is 16.8. The Balaban J connectivity index is 1.81. The van der Waals surface area contributed by atoms with Crippen molar-refractivity contribution in [2.45, 2.75) is 13.8 Å². The Morgan fingerprint density at radius 1 is 1.35 bits per heavy atom. The number of ketones is 1. The first-order valence-corrected chi connectivity index (χ1v) is 8.74. The topological polar surface area (TPSA) is 44.1 Å². The smallest absolute Gasteiger partial charge is 0.202 e. The number of halogens is 1. The first-order chi connectivity index (χ1) is 11.1. The van der Waals surface area contributed by atoms with Gasteiger partial charge in [-0.3, -0.25) is 9.36 Å². The van der Waals surface area contributed by atoms with Crippen LogP contribution in [0.4, 0.5) is 0 Å². The molecule has 0 bridgehead atoms. The lowest BCUT2D eigenvalue weighted by Gasteiger charge is -2.08. The van der Waals surface area contributed by atoms with Crippen molar-refractivity contribution in [3.8, 4) is 10.9 Å². The highest BCUT2D eigenvalue weighted by Crippen LogP contribution is 2.25. The van der Waals surface area contributed by atoms with Crippen LogP contribution in [-0.2, 0) is 0 Å². The maximum absolute atomic E-state index is 12.5. The second kappa shape index (κ2) is 6.68. The van der Waals surface area contributed by atoms with Crippen molar-refractivity contribution in [1.29, 1.82) is 0 Å². The van der Waals surface area contributed by atoms with Gasteiger partial charge >= 0.3 is 0 Å². The Kier molecular flexibility index (Phi) is 4.63. The van der Waals surface area contributed by atoms with Crippen LogP contribution in [-0.4, -0.2) is 21.9 Å². The van der Waals surface area contributed by atoms with Gasteiger partial charge in [0.2, 0.25) is 5.78 Å². The molecule has 0 aliphatic heterocycles. The Labute approximate surface area is 146 Å². The van der Waals surface area contributed by atoms with Crippen LogP contribution < -0.4 is 4.74 Å². The number of rotatable bonds is 5. The van der Waals surface area contributed by atoms with Gasteiger partial charge in [-0.05, 0) is 48.0 Å². The van der Waals surface area contributed by atoms with Crippen LogP contribution in [0.1, 0.15) is 21.7 Å². The first-order valence-electron chi connectivity index (χ1n) is 7.07. The van der Waals surface area contributed by atoms with Crippen molar-refractivity contribution in [1.82, 2.24) is 9.55 Å². The molecule has 0 saturated carbocycles. The normalized spacial score (nSPS) is 10.7. The fourth-order valence-corrected chi connectivity index (χ4v) is 3.60. The molecule has 0 amide bonds. The van der Waals surface area contributed by atoms with Gasteiger partial charge < -0.3 is 4.74 Å². The lowest BCUT2D eigenvalue weighted by molar-refractivity contribution is 0.0920. The molecule has 0 spiro atoms. The highest BCUT2D eigenvalue weighted by Gasteiger charge is 2.18. The molecule has 0 atom stereocenters. The fourth-order valence-electron chi connectivity index (χ4n) is 2.45. The number of benzene rings is 1. The number of carbonyl (C=O) groups excluding carboxylic acids is 1. The van der Waals surface area contributed by atoms with Crippen LogP contribution in [0.3, 0.4) is 0 Å². The molecule has 23 heavy (non-hydrogen) atoms. The molecule has 0 aliphatic rings. The molecule has 6 heteroatoms. The molecule has 0 fully saturated rings. The Morgan fingerprint density at radius 3 is 2.83 bits per heavy atom. The van der Waals surface area contributed by atoms with E-state index in [-0.39, 0.29) is 12.4 Å². The molecular formula is C17H15BrN2O2S. The monoisotopic (exact) mass is 390 g/mol. The number of hydrogen-bond donors (Lipinski definition) is 0. The predicted molar refractivity (Wildman–Crippen MR) is 94.9 cm³/mol. The van der Waals surface area contributed by atoms with E-state index in [2.05, 4.69) is 20.9 Å². The van der Waals surface area contributed by atoms with E-state index >= 15 is 0 Å². The molecule has 0 N–H and O–H groups in total. The quantitative estimate of drug-likeness (QED) is 0.599. The maximum atomic E-state index is 12.5. The SMILES string of the molecule is Cc1cc(C(=O)COc2ccccc2Br)c(C)n1-c1nccs1. The molecular weight excluding hydrogens is 376 g/mol. The van der Waals surface area contributed by atoms with Crippen molar-refractivity contribution in [2.24, 2.45) is 0 Å². The largest absolute Gasteiger partial charge is 0.484 e. The van der Waals surface area contributed by atoms with E-state index in [4.69, 9.17) is 4.74 Å². The van der Waals surface area contributed by atoms with E-state index in [1.54, 1.807) is 17.5 Å². The predicted octanol–water partition coefficient (Wildman–Crippen LogP) is 4.57. The summed E-state index contributed by atoms with van der Waals surface area (Å²) < 4.78 is 8.46. The molecule has 3 rings (SSSR count). The maximum Gasteiger partial charge on any atom is 0.202 e. The lowest BCUT2D eigenvalue weighted by Crippen LogP contribution is -2.13. The van der Waals surface area contributed by atoms with E-state index in [9.17, 15) is 4.79 Å². The van der Waals surface area contributed by atoms with Gasteiger partial charge in [0, 0.05) is 28.5 Å². The standard InChI is InChI=1S/C17H15BrN2O2S/c1-11-9-13(12(2)20(11)17-19-7-8-23-17)15(21)10-22-16-6-4-3-5-14(16)18/h3-9H,10H2,1-2H3. The van der Waals surface area contributed by atoms with Crippen molar-refractivity contribution in [3.63, 3.8) is 0 Å². The Bertz CT molecular complexity index is 840. The zero-order valence-electron chi connectivity index (χ0n) is 12.7. The minimum atomic E-state index is -0.0448. The number of ether oxygens (including phenoxy) is 1. The molecule has 0 saturated heterocycles. The average molecular weight is 391 g/mol. The zero-order chi connectivity index (χ0) is 16.4. The van der Waals surface area contributed by atoms with Crippen molar-refractivity contribution < 1.29 is 9.53 Å². The van der Waals surface area contributed by atoms with Crippen LogP contribution in [0.25, 0.3) is 5.13 Å². The number of aryl methyl sites for hydroxylation is 1. The number of carbonyl (C=O) groups is 1. The number of aromatic nitrogens is 2. The second-order valence-corrected chi connectivity index (χ2v) is 6.80. The van der Waals surface area contributed by atoms with Crippen LogP contribution in [0.2, 0.25) is 0 Å². The number of nitrogens with zero attached hydrogens (tertiary/aromatic N) is 2. The third-order valence-electron chi connectivity index (χ3n) is 3.54. The van der Waals surface area contributed by atoms with Gasteiger partial charge in [-0.2, -0.15) is 0 Å². The van der Waals surface area contributed by atoms with Crippen molar-refractivity contribution >= 4 is 33.0 Å². The second-order valence-electron chi connectivity index (χ2n) is 5.08. The summed E-state index contributed by atoms with van der Waals surface area (Å²) in [5.74, 6) is 0.617. The van der Waals surface area contributed by atoms with Gasteiger partial charge in [-0.15, -0.1) is 11.3 Å². The van der Waals surface area contributed by atoms with E-state index in [0.29, 0.717) is 11.3 Å². The zero-order valence-corrected chi connectivity index (χ0v) is 15.1. The molecule has 2 heterocycles. The fraction of sp³-hybridized carbons (Fsp3) is 0.176. The Morgan fingerprint density at radius 2 is 2.13 bits per heavy atom.